The van der Waals surface area contributed by atoms with Crippen LogP contribution < -0.4 is 4.72 Å². The molecule has 6 nitrogen and oxygen atoms in total. The number of nitrogens with one attached hydrogen (secondary N) is 1. The highest BCUT2D eigenvalue weighted by Crippen LogP contribution is 2.25. The molecular formula is C18H21ClN2O4S2. The molecule has 1 aliphatic heterocycles. The molecule has 2 aromatic carbocycles. The molecule has 0 aliphatic carbocycles. The third-order valence-electron chi connectivity index (χ3n) is 4.61. The average molecular weight is 429 g/mol. The second-order valence-corrected chi connectivity index (χ2v) is 10.7. The zero-order chi connectivity index (χ0) is 19.7. The third-order valence-corrected chi connectivity index (χ3v) is 8.17. The van der Waals surface area contributed by atoms with Gasteiger partial charge in [0.15, 0.2) is 0 Å². The van der Waals surface area contributed by atoms with E-state index in [4.69, 9.17) is 11.6 Å². The summed E-state index contributed by atoms with van der Waals surface area (Å²) < 4.78 is 54.1. The Hall–Kier alpha value is -1.61. The largest absolute Gasteiger partial charge is 0.280 e. The Kier molecular flexibility index (Phi) is 5.81. The maximum absolute atomic E-state index is 12.7. The molecule has 1 N–H and O–H groups in total. The number of anilines is 1. The van der Waals surface area contributed by atoms with E-state index in [1.54, 1.807) is 0 Å². The number of hydrogen-bond acceptors (Lipinski definition) is 4. The van der Waals surface area contributed by atoms with Crippen molar-refractivity contribution in [2.24, 2.45) is 5.92 Å². The van der Waals surface area contributed by atoms with Gasteiger partial charge in [-0.2, -0.15) is 4.31 Å². The highest BCUT2D eigenvalue weighted by molar-refractivity contribution is 7.92. The fourth-order valence-electron chi connectivity index (χ4n) is 2.90. The molecule has 0 amide bonds. The first-order valence-electron chi connectivity index (χ1n) is 8.57. The molecule has 0 atom stereocenters. The molecule has 0 radical (unpaired) electrons. The average Bonchev–Trinajstić information content (AvgIpc) is 2.62. The minimum absolute atomic E-state index is 0.0750. The van der Waals surface area contributed by atoms with E-state index in [-0.39, 0.29) is 15.5 Å². The van der Waals surface area contributed by atoms with Crippen LogP contribution in [0.15, 0.2) is 58.3 Å². The van der Waals surface area contributed by atoms with Crippen LogP contribution >= 0.6 is 11.6 Å². The number of rotatable bonds is 5. The zero-order valence-electron chi connectivity index (χ0n) is 14.8. The first-order valence-corrected chi connectivity index (χ1v) is 11.9. The summed E-state index contributed by atoms with van der Waals surface area (Å²) in [6, 6.07) is 11.5. The number of piperidine rings is 1. The topological polar surface area (TPSA) is 83.6 Å². The maximum atomic E-state index is 12.7. The van der Waals surface area contributed by atoms with Gasteiger partial charge in [-0.05, 0) is 67.3 Å². The Morgan fingerprint density at radius 2 is 1.41 bits per heavy atom. The highest BCUT2D eigenvalue weighted by Gasteiger charge is 2.28. The van der Waals surface area contributed by atoms with Gasteiger partial charge in [0.05, 0.1) is 9.79 Å². The predicted molar refractivity (Wildman–Crippen MR) is 106 cm³/mol. The first-order chi connectivity index (χ1) is 12.7. The van der Waals surface area contributed by atoms with E-state index < -0.39 is 20.0 Å². The van der Waals surface area contributed by atoms with Crippen molar-refractivity contribution in [3.63, 3.8) is 0 Å². The molecule has 2 aromatic rings. The summed E-state index contributed by atoms with van der Waals surface area (Å²) in [6.45, 7) is 3.13. The van der Waals surface area contributed by atoms with Crippen molar-refractivity contribution in [1.29, 1.82) is 0 Å². The van der Waals surface area contributed by atoms with Crippen LogP contribution in [-0.4, -0.2) is 34.2 Å². The molecule has 1 heterocycles. The second kappa shape index (κ2) is 7.79. The van der Waals surface area contributed by atoms with Crippen LogP contribution in [0.25, 0.3) is 0 Å². The van der Waals surface area contributed by atoms with Gasteiger partial charge in [0.2, 0.25) is 10.0 Å². The molecule has 146 valence electrons. The number of sulfonamides is 2. The van der Waals surface area contributed by atoms with Crippen molar-refractivity contribution in [2.75, 3.05) is 17.8 Å². The molecule has 1 fully saturated rings. The lowest BCUT2D eigenvalue weighted by atomic mass is 10.0. The Labute approximate surface area is 165 Å². The van der Waals surface area contributed by atoms with Gasteiger partial charge in [-0.15, -0.1) is 0 Å². The van der Waals surface area contributed by atoms with Crippen molar-refractivity contribution in [1.82, 2.24) is 4.31 Å². The quantitative estimate of drug-likeness (QED) is 0.789. The van der Waals surface area contributed by atoms with E-state index in [1.165, 1.54) is 52.8 Å². The summed E-state index contributed by atoms with van der Waals surface area (Å²) in [5.74, 6) is 0.529. The molecule has 0 spiro atoms. The van der Waals surface area contributed by atoms with Crippen LogP contribution in [0.2, 0.25) is 5.02 Å². The monoisotopic (exact) mass is 428 g/mol. The third kappa shape index (κ3) is 4.63. The van der Waals surface area contributed by atoms with Gasteiger partial charge in [0, 0.05) is 23.8 Å². The van der Waals surface area contributed by atoms with Crippen molar-refractivity contribution in [3.8, 4) is 0 Å². The van der Waals surface area contributed by atoms with E-state index in [0.717, 1.165) is 12.8 Å². The Morgan fingerprint density at radius 3 is 1.96 bits per heavy atom. The van der Waals surface area contributed by atoms with Gasteiger partial charge < -0.3 is 0 Å². The summed E-state index contributed by atoms with van der Waals surface area (Å²) >= 11 is 5.78. The Balaban J connectivity index is 1.76. The summed E-state index contributed by atoms with van der Waals surface area (Å²) in [7, 11) is -7.33. The fraction of sp³-hybridized carbons (Fsp3) is 0.333. The van der Waals surface area contributed by atoms with E-state index in [0.29, 0.717) is 24.0 Å². The van der Waals surface area contributed by atoms with E-state index in [9.17, 15) is 16.8 Å². The molecule has 0 bridgehead atoms. The van der Waals surface area contributed by atoms with Gasteiger partial charge in [-0.25, -0.2) is 16.8 Å². The van der Waals surface area contributed by atoms with Gasteiger partial charge in [-0.3, -0.25) is 4.72 Å². The normalized spacial score (nSPS) is 17.0. The number of benzene rings is 2. The van der Waals surface area contributed by atoms with E-state index in [1.807, 2.05) is 0 Å². The Bertz CT molecular complexity index is 996. The summed E-state index contributed by atoms with van der Waals surface area (Å²) in [4.78, 5) is 0.234. The van der Waals surface area contributed by atoms with Crippen LogP contribution in [0.5, 0.6) is 0 Å². The molecule has 1 saturated heterocycles. The van der Waals surface area contributed by atoms with E-state index in [2.05, 4.69) is 11.6 Å². The van der Waals surface area contributed by atoms with Gasteiger partial charge in [0.1, 0.15) is 0 Å². The molecule has 9 heteroatoms. The van der Waals surface area contributed by atoms with Gasteiger partial charge in [-0.1, -0.05) is 18.5 Å². The van der Waals surface area contributed by atoms with Crippen molar-refractivity contribution < 1.29 is 16.8 Å². The minimum Gasteiger partial charge on any atom is -0.280 e. The number of nitrogens with zero attached hydrogens (tertiary/aromatic N) is 1. The van der Waals surface area contributed by atoms with Crippen molar-refractivity contribution in [3.05, 3.63) is 53.6 Å². The molecule has 1 aliphatic rings. The molecule has 0 unspecified atom stereocenters. The fourth-order valence-corrected chi connectivity index (χ4v) is 5.55. The van der Waals surface area contributed by atoms with Crippen molar-refractivity contribution >= 4 is 37.3 Å². The predicted octanol–water partition coefficient (Wildman–Crippen LogP) is 3.56. The smallest absolute Gasteiger partial charge is 0.261 e. The van der Waals surface area contributed by atoms with Crippen LogP contribution in [0.3, 0.4) is 0 Å². The second-order valence-electron chi connectivity index (χ2n) is 6.67. The van der Waals surface area contributed by atoms with Gasteiger partial charge in [0.25, 0.3) is 10.0 Å². The highest BCUT2D eigenvalue weighted by atomic mass is 35.5. The molecular weight excluding hydrogens is 408 g/mol. The standard InChI is InChI=1S/C18H21ClN2O4S2/c1-14-10-12-21(13-11-14)27(24,25)18-8-4-16(5-9-18)20-26(22,23)17-6-2-15(19)3-7-17/h2-9,14,20H,10-13H2,1H3. The summed E-state index contributed by atoms with van der Waals surface area (Å²) in [5, 5.41) is 0.440. The summed E-state index contributed by atoms with van der Waals surface area (Å²) in [5.41, 5.74) is 0.288. The SMILES string of the molecule is CC1CCN(S(=O)(=O)c2ccc(NS(=O)(=O)c3ccc(Cl)cc3)cc2)CC1. The van der Waals surface area contributed by atoms with Crippen LogP contribution in [-0.2, 0) is 20.0 Å². The van der Waals surface area contributed by atoms with Crippen molar-refractivity contribution in [2.45, 2.75) is 29.6 Å². The number of halogens is 1. The lowest BCUT2D eigenvalue weighted by molar-refractivity contribution is 0.288. The lowest BCUT2D eigenvalue weighted by Crippen LogP contribution is -2.37. The molecule has 0 saturated carbocycles. The molecule has 3 rings (SSSR count). The number of hydrogen-bond donors (Lipinski definition) is 1. The Morgan fingerprint density at radius 1 is 0.889 bits per heavy atom. The van der Waals surface area contributed by atoms with Crippen LogP contribution in [0.4, 0.5) is 5.69 Å². The van der Waals surface area contributed by atoms with Gasteiger partial charge >= 0.3 is 0 Å². The zero-order valence-corrected chi connectivity index (χ0v) is 17.2. The molecule has 27 heavy (non-hydrogen) atoms. The van der Waals surface area contributed by atoms with Crippen LogP contribution in [0, 0.1) is 5.92 Å². The molecule has 0 aromatic heterocycles. The van der Waals surface area contributed by atoms with E-state index >= 15 is 0 Å². The lowest BCUT2D eigenvalue weighted by Gasteiger charge is -2.29. The first kappa shape index (κ1) is 20.1. The van der Waals surface area contributed by atoms with Crippen LogP contribution in [0.1, 0.15) is 19.8 Å². The maximum Gasteiger partial charge on any atom is 0.261 e. The minimum atomic E-state index is -3.77. The summed E-state index contributed by atoms with van der Waals surface area (Å²) in [6.07, 6.45) is 1.69.